The summed E-state index contributed by atoms with van der Waals surface area (Å²) in [5.41, 5.74) is 0. The van der Waals surface area contributed by atoms with Crippen molar-refractivity contribution in [3.8, 4) is 5.75 Å². The predicted molar refractivity (Wildman–Crippen MR) is 86.3 cm³/mol. The first-order valence-electron chi connectivity index (χ1n) is 6.72. The van der Waals surface area contributed by atoms with E-state index in [2.05, 4.69) is 5.32 Å². The molecule has 1 saturated heterocycles. The minimum Gasteiger partial charge on any atom is -0.489 e. The molecular weight excluding hydrogens is 317 g/mol. The molecule has 6 heteroatoms. The van der Waals surface area contributed by atoms with Crippen LogP contribution >= 0.6 is 35.0 Å². The van der Waals surface area contributed by atoms with Gasteiger partial charge in [-0.1, -0.05) is 23.2 Å². The molecule has 2 N–H and O–H groups in total. The van der Waals surface area contributed by atoms with Crippen molar-refractivity contribution in [1.29, 1.82) is 0 Å². The maximum Gasteiger partial charge on any atom is 0.138 e. The van der Waals surface area contributed by atoms with E-state index < -0.39 is 6.10 Å². The molecule has 0 aromatic heterocycles. The summed E-state index contributed by atoms with van der Waals surface area (Å²) < 4.78 is 5.51. The van der Waals surface area contributed by atoms with Crippen LogP contribution in [0, 0.1) is 0 Å². The molecule has 0 aliphatic carbocycles. The number of benzene rings is 1. The number of thioether (sulfide) groups is 1. The quantitative estimate of drug-likeness (QED) is 0.837. The summed E-state index contributed by atoms with van der Waals surface area (Å²) in [7, 11) is 0. The fourth-order valence-corrected chi connectivity index (χ4v) is 3.61. The molecule has 0 amide bonds. The van der Waals surface area contributed by atoms with Crippen molar-refractivity contribution in [2.45, 2.75) is 25.0 Å². The summed E-state index contributed by atoms with van der Waals surface area (Å²) >= 11 is 13.8. The topological polar surface area (TPSA) is 41.5 Å². The first-order chi connectivity index (χ1) is 9.65. The molecule has 0 spiro atoms. The van der Waals surface area contributed by atoms with Crippen LogP contribution in [-0.4, -0.2) is 41.9 Å². The van der Waals surface area contributed by atoms with E-state index in [0.29, 0.717) is 28.4 Å². The van der Waals surface area contributed by atoms with E-state index in [-0.39, 0.29) is 6.61 Å². The highest BCUT2D eigenvalue weighted by Crippen LogP contribution is 2.27. The second-order valence-electron chi connectivity index (χ2n) is 4.83. The van der Waals surface area contributed by atoms with Gasteiger partial charge in [0.2, 0.25) is 0 Å². The molecule has 1 heterocycles. The average Bonchev–Trinajstić information content (AvgIpc) is 2.45. The van der Waals surface area contributed by atoms with Crippen molar-refractivity contribution in [2.75, 3.05) is 24.7 Å². The lowest BCUT2D eigenvalue weighted by Gasteiger charge is -2.24. The number of aliphatic hydroxyl groups excluding tert-OH is 1. The first-order valence-corrected chi connectivity index (χ1v) is 8.63. The Labute approximate surface area is 134 Å². The third-order valence-corrected chi connectivity index (χ3v) is 4.77. The van der Waals surface area contributed by atoms with Gasteiger partial charge in [-0.3, -0.25) is 0 Å². The van der Waals surface area contributed by atoms with E-state index in [1.54, 1.807) is 18.2 Å². The Morgan fingerprint density at radius 2 is 2.10 bits per heavy atom. The Hall–Kier alpha value is -0.130. The molecular formula is C14H19Cl2NO2S. The number of nitrogens with one attached hydrogen (secondary N) is 1. The van der Waals surface area contributed by atoms with E-state index in [9.17, 15) is 5.11 Å². The largest absolute Gasteiger partial charge is 0.489 e. The Bertz CT molecular complexity index is 428. The van der Waals surface area contributed by atoms with Gasteiger partial charge in [-0.25, -0.2) is 0 Å². The van der Waals surface area contributed by atoms with Gasteiger partial charge in [-0.15, -0.1) is 0 Å². The maximum atomic E-state index is 9.92. The Balaban J connectivity index is 1.70. The van der Waals surface area contributed by atoms with Crippen LogP contribution in [0.5, 0.6) is 5.75 Å². The van der Waals surface area contributed by atoms with Gasteiger partial charge < -0.3 is 15.2 Å². The zero-order chi connectivity index (χ0) is 14.4. The molecule has 0 saturated carbocycles. The van der Waals surface area contributed by atoms with E-state index in [0.717, 1.165) is 0 Å². The molecule has 1 atom stereocenters. The lowest BCUT2D eigenvalue weighted by Crippen LogP contribution is -2.39. The van der Waals surface area contributed by atoms with Gasteiger partial charge in [0.05, 0.1) is 5.02 Å². The minimum absolute atomic E-state index is 0.218. The van der Waals surface area contributed by atoms with E-state index in [4.69, 9.17) is 27.9 Å². The highest BCUT2D eigenvalue weighted by Gasteiger charge is 2.15. The summed E-state index contributed by atoms with van der Waals surface area (Å²) in [5, 5.41) is 14.3. The summed E-state index contributed by atoms with van der Waals surface area (Å²) in [6.07, 6.45) is 1.79. The van der Waals surface area contributed by atoms with Gasteiger partial charge in [-0.05, 0) is 42.5 Å². The molecule has 1 unspecified atom stereocenters. The third-order valence-electron chi connectivity index (χ3n) is 3.19. The fraction of sp³-hybridized carbons (Fsp3) is 0.571. The molecule has 2 rings (SSSR count). The van der Waals surface area contributed by atoms with Gasteiger partial charge in [0, 0.05) is 17.6 Å². The number of hydrogen-bond donors (Lipinski definition) is 2. The molecule has 1 aromatic rings. The predicted octanol–water partition coefficient (Wildman–Crippen LogP) is 3.22. The number of aliphatic hydroxyl groups is 1. The monoisotopic (exact) mass is 335 g/mol. The second-order valence-corrected chi connectivity index (χ2v) is 6.90. The number of hydrogen-bond acceptors (Lipinski definition) is 4. The van der Waals surface area contributed by atoms with Crippen LogP contribution in [0.2, 0.25) is 10.0 Å². The van der Waals surface area contributed by atoms with Gasteiger partial charge in [-0.2, -0.15) is 11.8 Å². The summed E-state index contributed by atoms with van der Waals surface area (Å²) in [6, 6.07) is 5.57. The van der Waals surface area contributed by atoms with Crippen molar-refractivity contribution >= 4 is 35.0 Å². The molecule has 3 nitrogen and oxygen atoms in total. The van der Waals surface area contributed by atoms with Crippen LogP contribution in [0.15, 0.2) is 18.2 Å². The Morgan fingerprint density at radius 3 is 2.80 bits per heavy atom. The third kappa shape index (κ3) is 5.34. The van der Waals surface area contributed by atoms with E-state index >= 15 is 0 Å². The molecule has 112 valence electrons. The van der Waals surface area contributed by atoms with Crippen LogP contribution in [-0.2, 0) is 0 Å². The summed E-state index contributed by atoms with van der Waals surface area (Å²) in [6.45, 7) is 0.760. The zero-order valence-electron chi connectivity index (χ0n) is 11.1. The maximum absolute atomic E-state index is 9.92. The van der Waals surface area contributed by atoms with Crippen molar-refractivity contribution in [3.05, 3.63) is 28.2 Å². The van der Waals surface area contributed by atoms with Crippen LogP contribution in [0.3, 0.4) is 0 Å². The summed E-state index contributed by atoms with van der Waals surface area (Å²) in [4.78, 5) is 0. The second kappa shape index (κ2) is 8.35. The van der Waals surface area contributed by atoms with Gasteiger partial charge in [0.15, 0.2) is 0 Å². The highest BCUT2D eigenvalue weighted by molar-refractivity contribution is 7.99. The number of halogens is 2. The molecule has 1 aromatic carbocycles. The molecule has 1 fully saturated rings. The standard InChI is InChI=1S/C14H19Cl2NO2S/c15-10-1-2-14(13(16)7-10)19-9-12(18)8-17-11-3-5-20-6-4-11/h1-2,7,11-12,17-18H,3-6,8-9H2. The van der Waals surface area contributed by atoms with Crippen LogP contribution in [0.25, 0.3) is 0 Å². The van der Waals surface area contributed by atoms with Crippen molar-refractivity contribution < 1.29 is 9.84 Å². The van der Waals surface area contributed by atoms with Gasteiger partial charge in [0.25, 0.3) is 0 Å². The Morgan fingerprint density at radius 1 is 1.35 bits per heavy atom. The number of rotatable bonds is 6. The first kappa shape index (κ1) is 16.2. The van der Waals surface area contributed by atoms with Crippen LogP contribution in [0.4, 0.5) is 0 Å². The SMILES string of the molecule is OC(CNC1CCSCC1)COc1ccc(Cl)cc1Cl. The van der Waals surface area contributed by atoms with Crippen molar-refractivity contribution in [2.24, 2.45) is 0 Å². The molecule has 1 aliphatic heterocycles. The molecule has 20 heavy (non-hydrogen) atoms. The zero-order valence-corrected chi connectivity index (χ0v) is 13.5. The van der Waals surface area contributed by atoms with Crippen molar-refractivity contribution in [1.82, 2.24) is 5.32 Å². The smallest absolute Gasteiger partial charge is 0.138 e. The van der Waals surface area contributed by atoms with E-state index in [1.807, 2.05) is 11.8 Å². The normalized spacial score (nSPS) is 17.9. The molecule has 0 radical (unpaired) electrons. The lowest BCUT2D eigenvalue weighted by molar-refractivity contribution is 0.103. The molecule has 0 bridgehead atoms. The van der Waals surface area contributed by atoms with Crippen LogP contribution < -0.4 is 10.1 Å². The fourth-order valence-electron chi connectivity index (χ4n) is 2.04. The van der Waals surface area contributed by atoms with Crippen molar-refractivity contribution in [3.63, 3.8) is 0 Å². The lowest BCUT2D eigenvalue weighted by atomic mass is 10.1. The van der Waals surface area contributed by atoms with Gasteiger partial charge in [0.1, 0.15) is 18.5 Å². The average molecular weight is 336 g/mol. The van der Waals surface area contributed by atoms with E-state index in [1.165, 1.54) is 24.3 Å². The number of ether oxygens (including phenoxy) is 1. The Kier molecular flexibility index (Phi) is 6.78. The van der Waals surface area contributed by atoms with Gasteiger partial charge >= 0.3 is 0 Å². The van der Waals surface area contributed by atoms with Crippen LogP contribution in [0.1, 0.15) is 12.8 Å². The highest BCUT2D eigenvalue weighted by atomic mass is 35.5. The summed E-state index contributed by atoms with van der Waals surface area (Å²) in [5.74, 6) is 2.94. The minimum atomic E-state index is -0.545. The molecule has 1 aliphatic rings.